The maximum absolute atomic E-state index is 12.7. The summed E-state index contributed by atoms with van der Waals surface area (Å²) in [7, 11) is -3.32. The Kier molecular flexibility index (Phi) is 6.00. The Hall–Kier alpha value is -3.57. The number of hydrogen-bond acceptors (Lipinski definition) is 7. The van der Waals surface area contributed by atoms with Gasteiger partial charge in [0.15, 0.2) is 6.61 Å². The Labute approximate surface area is 190 Å². The zero-order valence-corrected chi connectivity index (χ0v) is 18.6. The first-order chi connectivity index (χ1) is 15.7. The molecule has 0 aromatic heterocycles. The number of esters is 1. The zero-order valence-electron chi connectivity index (χ0n) is 17.8. The fourth-order valence-corrected chi connectivity index (χ4v) is 4.59. The molecule has 0 unspecified atom stereocenters. The van der Waals surface area contributed by atoms with E-state index in [1.165, 1.54) is 33.5 Å². The number of piperazine rings is 1. The minimum atomic E-state index is -3.32. The lowest BCUT2D eigenvalue weighted by Gasteiger charge is -2.33. The third-order valence-electron chi connectivity index (χ3n) is 5.52. The molecule has 0 bridgehead atoms. The minimum Gasteiger partial charge on any atom is -0.452 e. The molecular formula is C22H21N3O7S. The van der Waals surface area contributed by atoms with Crippen LogP contribution < -0.4 is 4.90 Å². The number of sulfonamides is 1. The van der Waals surface area contributed by atoms with E-state index in [4.69, 9.17) is 4.74 Å². The molecule has 0 spiro atoms. The topological polar surface area (TPSA) is 121 Å². The predicted molar refractivity (Wildman–Crippen MR) is 117 cm³/mol. The third kappa shape index (κ3) is 4.50. The van der Waals surface area contributed by atoms with Gasteiger partial charge in [-0.2, -0.15) is 4.31 Å². The Balaban J connectivity index is 1.39. The summed E-state index contributed by atoms with van der Waals surface area (Å²) in [6.45, 7) is 0.272. The fourth-order valence-electron chi connectivity index (χ4n) is 3.77. The molecule has 0 radical (unpaired) electrons. The van der Waals surface area contributed by atoms with E-state index in [1.54, 1.807) is 24.3 Å². The van der Waals surface area contributed by atoms with Gasteiger partial charge < -0.3 is 9.64 Å². The molecule has 4 rings (SSSR count). The van der Waals surface area contributed by atoms with Gasteiger partial charge in [0.25, 0.3) is 17.7 Å². The van der Waals surface area contributed by atoms with Crippen molar-refractivity contribution in [2.75, 3.05) is 43.9 Å². The lowest BCUT2D eigenvalue weighted by Crippen LogP contribution is -2.51. The van der Waals surface area contributed by atoms with Crippen molar-refractivity contribution < 1.29 is 32.3 Å². The van der Waals surface area contributed by atoms with Gasteiger partial charge in [0.2, 0.25) is 10.0 Å². The van der Waals surface area contributed by atoms with E-state index in [-0.39, 0.29) is 48.6 Å². The van der Waals surface area contributed by atoms with E-state index in [2.05, 4.69) is 0 Å². The smallest absolute Gasteiger partial charge is 0.338 e. The Morgan fingerprint density at radius 1 is 0.909 bits per heavy atom. The van der Waals surface area contributed by atoms with Crippen LogP contribution in [0.15, 0.2) is 48.5 Å². The number of rotatable bonds is 5. The molecule has 11 heteroatoms. The van der Waals surface area contributed by atoms with Crippen LogP contribution in [0.1, 0.15) is 31.1 Å². The van der Waals surface area contributed by atoms with Crippen molar-refractivity contribution in [2.24, 2.45) is 0 Å². The Morgan fingerprint density at radius 2 is 1.52 bits per heavy atom. The summed E-state index contributed by atoms with van der Waals surface area (Å²) in [5.41, 5.74) is 0.881. The molecule has 0 saturated carbocycles. The van der Waals surface area contributed by atoms with Gasteiger partial charge in [-0.1, -0.05) is 18.2 Å². The van der Waals surface area contributed by atoms with Gasteiger partial charge in [-0.3, -0.25) is 14.4 Å². The van der Waals surface area contributed by atoms with E-state index in [0.29, 0.717) is 0 Å². The average molecular weight is 471 g/mol. The monoisotopic (exact) mass is 471 g/mol. The SMILES string of the molecule is CS(=O)(=O)N1CCN(C(=O)COC(=O)c2cccc(N3C(=O)c4ccccc4C3=O)c2)CC1. The van der Waals surface area contributed by atoms with Gasteiger partial charge in [-0.15, -0.1) is 0 Å². The van der Waals surface area contributed by atoms with Crippen molar-refractivity contribution in [2.45, 2.75) is 0 Å². The summed E-state index contributed by atoms with van der Waals surface area (Å²) in [4.78, 5) is 52.6. The van der Waals surface area contributed by atoms with Gasteiger partial charge in [0, 0.05) is 26.2 Å². The predicted octanol–water partition coefficient (Wildman–Crippen LogP) is 0.748. The number of amides is 3. The van der Waals surface area contributed by atoms with Gasteiger partial charge in [-0.05, 0) is 30.3 Å². The molecule has 2 aliphatic rings. The van der Waals surface area contributed by atoms with Crippen LogP contribution in [0.4, 0.5) is 5.69 Å². The van der Waals surface area contributed by atoms with Crippen molar-refractivity contribution >= 4 is 39.4 Å². The van der Waals surface area contributed by atoms with E-state index < -0.39 is 40.3 Å². The average Bonchev–Trinajstić information content (AvgIpc) is 3.07. The maximum Gasteiger partial charge on any atom is 0.338 e. The van der Waals surface area contributed by atoms with Gasteiger partial charge in [-0.25, -0.2) is 18.1 Å². The zero-order chi connectivity index (χ0) is 23.8. The van der Waals surface area contributed by atoms with Crippen LogP contribution in [0.25, 0.3) is 0 Å². The van der Waals surface area contributed by atoms with Gasteiger partial charge in [0.05, 0.1) is 28.6 Å². The lowest BCUT2D eigenvalue weighted by atomic mass is 10.1. The summed E-state index contributed by atoms with van der Waals surface area (Å²) in [6.07, 6.45) is 1.11. The molecule has 0 aliphatic carbocycles. The summed E-state index contributed by atoms with van der Waals surface area (Å²) >= 11 is 0. The summed E-state index contributed by atoms with van der Waals surface area (Å²) in [5.74, 6) is -2.18. The molecule has 2 heterocycles. The number of carbonyl (C=O) groups is 4. The second kappa shape index (κ2) is 8.75. The first-order valence-electron chi connectivity index (χ1n) is 10.1. The second-order valence-electron chi connectivity index (χ2n) is 7.66. The highest BCUT2D eigenvalue weighted by Gasteiger charge is 2.36. The van der Waals surface area contributed by atoms with Crippen molar-refractivity contribution in [3.63, 3.8) is 0 Å². The Morgan fingerprint density at radius 3 is 2.09 bits per heavy atom. The van der Waals surface area contributed by atoms with Gasteiger partial charge in [0.1, 0.15) is 0 Å². The number of carbonyl (C=O) groups excluding carboxylic acids is 4. The number of ether oxygens (including phenoxy) is 1. The van der Waals surface area contributed by atoms with E-state index >= 15 is 0 Å². The van der Waals surface area contributed by atoms with Crippen LogP contribution in [0, 0.1) is 0 Å². The molecule has 10 nitrogen and oxygen atoms in total. The molecule has 1 fully saturated rings. The quantitative estimate of drug-likeness (QED) is 0.466. The molecule has 2 aromatic carbocycles. The fraction of sp³-hybridized carbons (Fsp3) is 0.273. The normalized spacial score (nSPS) is 16.6. The summed E-state index contributed by atoms with van der Waals surface area (Å²) in [6, 6.07) is 12.3. The third-order valence-corrected chi connectivity index (χ3v) is 6.82. The summed E-state index contributed by atoms with van der Waals surface area (Å²) in [5, 5.41) is 0. The number of anilines is 1. The second-order valence-corrected chi connectivity index (χ2v) is 9.64. The van der Waals surface area contributed by atoms with Crippen molar-refractivity contribution in [3.05, 3.63) is 65.2 Å². The van der Waals surface area contributed by atoms with Crippen LogP contribution in [0.5, 0.6) is 0 Å². The van der Waals surface area contributed by atoms with Crippen molar-refractivity contribution in [1.29, 1.82) is 0 Å². The van der Waals surface area contributed by atoms with E-state index in [0.717, 1.165) is 11.2 Å². The van der Waals surface area contributed by atoms with E-state index in [1.807, 2.05) is 0 Å². The lowest BCUT2D eigenvalue weighted by molar-refractivity contribution is -0.135. The highest BCUT2D eigenvalue weighted by molar-refractivity contribution is 7.88. The van der Waals surface area contributed by atoms with Crippen LogP contribution in [-0.4, -0.2) is 80.4 Å². The van der Waals surface area contributed by atoms with Crippen molar-refractivity contribution in [1.82, 2.24) is 9.21 Å². The number of hydrogen-bond donors (Lipinski definition) is 0. The molecule has 0 atom stereocenters. The van der Waals surface area contributed by atoms with E-state index in [9.17, 15) is 27.6 Å². The van der Waals surface area contributed by atoms with Crippen LogP contribution >= 0.6 is 0 Å². The molecule has 0 N–H and O–H groups in total. The number of fused-ring (bicyclic) bond motifs is 1. The largest absolute Gasteiger partial charge is 0.452 e. The molecule has 2 aliphatic heterocycles. The van der Waals surface area contributed by atoms with Crippen molar-refractivity contribution in [3.8, 4) is 0 Å². The Bertz CT molecular complexity index is 1220. The van der Waals surface area contributed by atoms with Crippen LogP contribution in [0.2, 0.25) is 0 Å². The highest BCUT2D eigenvalue weighted by Crippen LogP contribution is 2.28. The summed E-state index contributed by atoms with van der Waals surface area (Å²) < 4.78 is 29.5. The standard InChI is InChI=1S/C22H21N3O7S/c1-33(30,31)24-11-9-23(10-12-24)19(26)14-32-22(29)15-5-4-6-16(13-15)25-20(27)17-7-2-3-8-18(17)21(25)28/h2-8,13H,9-12,14H2,1H3. The number of benzene rings is 2. The minimum absolute atomic E-state index is 0.0822. The van der Waals surface area contributed by atoms with Crippen LogP contribution in [-0.2, 0) is 19.6 Å². The molecule has 1 saturated heterocycles. The van der Waals surface area contributed by atoms with Crippen LogP contribution in [0.3, 0.4) is 0 Å². The molecular weight excluding hydrogens is 450 g/mol. The first-order valence-corrected chi connectivity index (χ1v) is 12.0. The number of imide groups is 1. The first kappa shape index (κ1) is 22.6. The highest BCUT2D eigenvalue weighted by atomic mass is 32.2. The molecule has 33 heavy (non-hydrogen) atoms. The number of nitrogens with zero attached hydrogens (tertiary/aromatic N) is 3. The van der Waals surface area contributed by atoms with Gasteiger partial charge >= 0.3 is 5.97 Å². The molecule has 172 valence electrons. The molecule has 2 aromatic rings. The maximum atomic E-state index is 12.7. The molecule has 3 amide bonds.